The normalized spacial score (nSPS) is 14.9. The van der Waals surface area contributed by atoms with Gasteiger partial charge in [-0.25, -0.2) is 0 Å². The van der Waals surface area contributed by atoms with Crippen molar-refractivity contribution < 1.29 is 9.53 Å². The van der Waals surface area contributed by atoms with E-state index in [4.69, 9.17) is 17.0 Å². The minimum atomic E-state index is -0.0716. The van der Waals surface area contributed by atoms with Gasteiger partial charge in [0.15, 0.2) is 0 Å². The molecule has 4 aromatic rings. The molecule has 0 atom stereocenters. The van der Waals surface area contributed by atoms with Crippen molar-refractivity contribution in [3.8, 4) is 5.75 Å². The lowest BCUT2D eigenvalue weighted by atomic mass is 10.1. The lowest BCUT2D eigenvalue weighted by Gasteiger charge is -2.14. The first-order valence-electron chi connectivity index (χ1n) is 10.7. The van der Waals surface area contributed by atoms with Gasteiger partial charge in [0.2, 0.25) is 0 Å². The van der Waals surface area contributed by atoms with Gasteiger partial charge in [-0.05, 0) is 34.0 Å². The summed E-state index contributed by atoms with van der Waals surface area (Å²) in [6.45, 7) is 0.920. The predicted molar refractivity (Wildman–Crippen MR) is 140 cm³/mol. The molecule has 0 aliphatic carbocycles. The molecule has 4 aromatic carbocycles. The van der Waals surface area contributed by atoms with Crippen molar-refractivity contribution in [1.82, 2.24) is 4.90 Å². The number of nitrogens with zero attached hydrogens (tertiary/aromatic N) is 1. The highest BCUT2D eigenvalue weighted by atomic mass is 32.2. The van der Waals surface area contributed by atoms with Gasteiger partial charge >= 0.3 is 0 Å². The molecule has 0 spiro atoms. The quantitative estimate of drug-likeness (QED) is 0.230. The van der Waals surface area contributed by atoms with Gasteiger partial charge in [-0.1, -0.05) is 115 Å². The highest BCUT2D eigenvalue weighted by Gasteiger charge is 2.32. The number of hydrogen-bond acceptors (Lipinski definition) is 4. The molecule has 0 radical (unpaired) electrons. The molecule has 0 bridgehead atoms. The van der Waals surface area contributed by atoms with E-state index in [1.165, 1.54) is 22.5 Å². The summed E-state index contributed by atoms with van der Waals surface area (Å²) in [5.74, 6) is 0.663. The van der Waals surface area contributed by atoms with Crippen LogP contribution in [-0.4, -0.2) is 15.1 Å². The van der Waals surface area contributed by atoms with Gasteiger partial charge in [-0.2, -0.15) is 0 Å². The molecule has 0 N–H and O–H groups in total. The van der Waals surface area contributed by atoms with Crippen molar-refractivity contribution >= 4 is 51.1 Å². The van der Waals surface area contributed by atoms with Crippen LogP contribution < -0.4 is 4.74 Å². The second-order valence-corrected chi connectivity index (χ2v) is 9.39. The molecule has 1 heterocycles. The van der Waals surface area contributed by atoms with E-state index < -0.39 is 0 Å². The number of rotatable bonds is 6. The maximum atomic E-state index is 13.1. The lowest BCUT2D eigenvalue weighted by Crippen LogP contribution is -2.27. The van der Waals surface area contributed by atoms with E-state index in [1.54, 1.807) is 4.90 Å². The Bertz CT molecular complexity index is 1360. The first-order chi connectivity index (χ1) is 16.2. The van der Waals surface area contributed by atoms with Crippen LogP contribution in [0.2, 0.25) is 0 Å². The number of carbonyl (C=O) groups excluding carboxylic acids is 1. The predicted octanol–water partition coefficient (Wildman–Crippen LogP) is 6.82. The molecule has 0 saturated carbocycles. The molecule has 1 amide bonds. The molecule has 5 rings (SSSR count). The zero-order valence-corrected chi connectivity index (χ0v) is 19.4. The Hall–Kier alpha value is -3.41. The molecule has 5 heteroatoms. The van der Waals surface area contributed by atoms with Crippen LogP contribution in [-0.2, 0) is 17.9 Å². The number of fused-ring (bicyclic) bond motifs is 1. The monoisotopic (exact) mass is 467 g/mol. The molecule has 0 unspecified atom stereocenters. The van der Waals surface area contributed by atoms with Gasteiger partial charge in [0.1, 0.15) is 16.7 Å². The van der Waals surface area contributed by atoms with Crippen LogP contribution in [0.3, 0.4) is 0 Å². The third-order valence-electron chi connectivity index (χ3n) is 5.53. The lowest BCUT2D eigenvalue weighted by molar-refractivity contribution is -0.122. The summed E-state index contributed by atoms with van der Waals surface area (Å²) < 4.78 is 6.79. The summed E-state index contributed by atoms with van der Waals surface area (Å²) in [5, 5.41) is 2.37. The van der Waals surface area contributed by atoms with Gasteiger partial charge in [0.25, 0.3) is 5.91 Å². The Morgan fingerprint density at radius 2 is 1.58 bits per heavy atom. The molecular weight excluding hydrogens is 446 g/mol. The zero-order chi connectivity index (χ0) is 22.6. The summed E-state index contributed by atoms with van der Waals surface area (Å²) >= 11 is 6.83. The minimum absolute atomic E-state index is 0.0716. The van der Waals surface area contributed by atoms with E-state index in [1.807, 2.05) is 78.9 Å². The Morgan fingerprint density at radius 1 is 0.848 bits per heavy atom. The van der Waals surface area contributed by atoms with Gasteiger partial charge in [-0.3, -0.25) is 9.69 Å². The maximum Gasteiger partial charge on any atom is 0.266 e. The molecule has 3 nitrogen and oxygen atoms in total. The van der Waals surface area contributed by atoms with Crippen LogP contribution in [0.5, 0.6) is 5.75 Å². The number of para-hydroxylation sites is 1. The van der Waals surface area contributed by atoms with Crippen molar-refractivity contribution in [2.24, 2.45) is 0 Å². The Labute approximate surface area is 202 Å². The van der Waals surface area contributed by atoms with E-state index in [2.05, 4.69) is 24.3 Å². The van der Waals surface area contributed by atoms with Crippen molar-refractivity contribution in [1.29, 1.82) is 0 Å². The first-order valence-corrected chi connectivity index (χ1v) is 11.9. The maximum absolute atomic E-state index is 13.1. The molecule has 162 valence electrons. The standard InChI is InChI=1S/C28H21NO2S2/c30-27-26(33-28(32)29(27)18-20-9-2-1-3-10-20)17-22-12-5-7-16-25(22)31-19-23-14-8-13-21-11-4-6-15-24(21)23/h1-17H,18-19H2/b26-17-. The van der Waals surface area contributed by atoms with Crippen LogP contribution in [0.25, 0.3) is 16.8 Å². The first kappa shape index (κ1) is 21.4. The Kier molecular flexibility index (Phi) is 6.24. The fraction of sp³-hybridized carbons (Fsp3) is 0.0714. The number of hydrogen-bond donors (Lipinski definition) is 0. The molecule has 1 saturated heterocycles. The summed E-state index contributed by atoms with van der Waals surface area (Å²) in [6.07, 6.45) is 1.88. The number of thiocarbonyl (C=S) groups is 1. The average molecular weight is 468 g/mol. The smallest absolute Gasteiger partial charge is 0.266 e. The molecule has 0 aromatic heterocycles. The Balaban J connectivity index is 1.36. The summed E-state index contributed by atoms with van der Waals surface area (Å²) in [7, 11) is 0. The number of amides is 1. The largest absolute Gasteiger partial charge is 0.488 e. The van der Waals surface area contributed by atoms with Crippen molar-refractivity contribution in [3.63, 3.8) is 0 Å². The number of carbonyl (C=O) groups is 1. The summed E-state index contributed by atoms with van der Waals surface area (Å²) in [4.78, 5) is 15.3. The van der Waals surface area contributed by atoms with E-state index in [0.29, 0.717) is 22.4 Å². The van der Waals surface area contributed by atoms with Crippen LogP contribution in [0.15, 0.2) is 102 Å². The highest BCUT2D eigenvalue weighted by molar-refractivity contribution is 8.26. The third kappa shape index (κ3) is 4.70. The SMILES string of the molecule is O=C1/C(=C/c2ccccc2OCc2cccc3ccccc23)SC(=S)N1Cc1ccccc1. The van der Waals surface area contributed by atoms with E-state index in [-0.39, 0.29) is 5.91 Å². The number of benzene rings is 4. The molecule has 1 fully saturated rings. The van der Waals surface area contributed by atoms with Crippen molar-refractivity contribution in [2.45, 2.75) is 13.2 Å². The third-order valence-corrected chi connectivity index (χ3v) is 6.90. The fourth-order valence-corrected chi connectivity index (χ4v) is 5.09. The van der Waals surface area contributed by atoms with Crippen LogP contribution in [0, 0.1) is 0 Å². The average Bonchev–Trinajstić information content (AvgIpc) is 3.11. The number of thioether (sulfide) groups is 1. The van der Waals surface area contributed by atoms with Crippen LogP contribution in [0.1, 0.15) is 16.7 Å². The van der Waals surface area contributed by atoms with E-state index >= 15 is 0 Å². The molecule has 33 heavy (non-hydrogen) atoms. The van der Waals surface area contributed by atoms with Crippen LogP contribution in [0.4, 0.5) is 0 Å². The Morgan fingerprint density at radius 3 is 2.45 bits per heavy atom. The molecule has 1 aliphatic heterocycles. The topological polar surface area (TPSA) is 29.5 Å². The van der Waals surface area contributed by atoms with Crippen molar-refractivity contribution in [3.05, 3.63) is 119 Å². The second-order valence-electron chi connectivity index (χ2n) is 7.72. The van der Waals surface area contributed by atoms with Gasteiger partial charge < -0.3 is 4.74 Å². The second kappa shape index (κ2) is 9.61. The summed E-state index contributed by atoms with van der Waals surface area (Å²) in [6, 6.07) is 32.2. The van der Waals surface area contributed by atoms with Crippen molar-refractivity contribution in [2.75, 3.05) is 0 Å². The minimum Gasteiger partial charge on any atom is -0.488 e. The zero-order valence-electron chi connectivity index (χ0n) is 17.8. The van der Waals surface area contributed by atoms with Gasteiger partial charge in [-0.15, -0.1) is 0 Å². The molecular formula is C28H21NO2S2. The highest BCUT2D eigenvalue weighted by Crippen LogP contribution is 2.35. The number of ether oxygens (including phenoxy) is 1. The fourth-order valence-electron chi connectivity index (χ4n) is 3.85. The van der Waals surface area contributed by atoms with Crippen LogP contribution >= 0.6 is 24.0 Å². The van der Waals surface area contributed by atoms with E-state index in [9.17, 15) is 4.79 Å². The van der Waals surface area contributed by atoms with E-state index in [0.717, 1.165) is 22.4 Å². The molecule has 1 aliphatic rings. The van der Waals surface area contributed by atoms with Gasteiger partial charge in [0, 0.05) is 5.56 Å². The summed E-state index contributed by atoms with van der Waals surface area (Å²) in [5.41, 5.74) is 3.03. The van der Waals surface area contributed by atoms with Gasteiger partial charge in [0.05, 0.1) is 11.4 Å².